The maximum Gasteiger partial charge on any atom is 0.234 e. The first-order chi connectivity index (χ1) is 14.5. The van der Waals surface area contributed by atoms with Gasteiger partial charge in [0.2, 0.25) is 11.8 Å². The van der Waals surface area contributed by atoms with Gasteiger partial charge in [0.1, 0.15) is 0 Å². The number of carbonyl (C=O) groups is 2. The summed E-state index contributed by atoms with van der Waals surface area (Å²) < 4.78 is 0. The van der Waals surface area contributed by atoms with Crippen molar-refractivity contribution in [2.45, 2.75) is 19.1 Å². The molecule has 3 rings (SSSR count). The van der Waals surface area contributed by atoms with Gasteiger partial charge in [-0.25, -0.2) is 0 Å². The quantitative estimate of drug-likeness (QED) is 0.490. The molecule has 154 valence electrons. The molecule has 0 unspecified atom stereocenters. The number of benzene rings is 3. The van der Waals surface area contributed by atoms with E-state index < -0.39 is 0 Å². The average molecular weight is 419 g/mol. The maximum absolute atomic E-state index is 12.5. The second-order valence-corrected chi connectivity index (χ2v) is 8.38. The molecule has 0 aliphatic carbocycles. The van der Waals surface area contributed by atoms with Crippen LogP contribution in [0.3, 0.4) is 0 Å². The van der Waals surface area contributed by atoms with E-state index in [0.717, 1.165) is 0 Å². The van der Waals surface area contributed by atoms with Crippen LogP contribution in [0.4, 0.5) is 11.4 Å². The van der Waals surface area contributed by atoms with E-state index in [4.69, 9.17) is 0 Å². The van der Waals surface area contributed by atoms with Gasteiger partial charge in [-0.2, -0.15) is 0 Å². The number of hydrogen-bond donors (Lipinski definition) is 2. The van der Waals surface area contributed by atoms with Crippen LogP contribution >= 0.6 is 11.8 Å². The van der Waals surface area contributed by atoms with Crippen LogP contribution < -0.4 is 10.6 Å². The lowest BCUT2D eigenvalue weighted by Crippen LogP contribution is -2.18. The number of anilines is 2. The Morgan fingerprint density at radius 3 is 1.67 bits per heavy atom. The molecule has 0 heterocycles. The number of amides is 2. The van der Waals surface area contributed by atoms with Crippen LogP contribution in [0.15, 0.2) is 84.9 Å². The Kier molecular flexibility index (Phi) is 7.69. The predicted octanol–water partition coefficient (Wildman–Crippen LogP) is 5.74. The van der Waals surface area contributed by atoms with Gasteiger partial charge >= 0.3 is 0 Å². The molecule has 0 aliphatic rings. The summed E-state index contributed by atoms with van der Waals surface area (Å²) in [6.45, 7) is 3.69. The Balaban J connectivity index is 1.60. The summed E-state index contributed by atoms with van der Waals surface area (Å²) in [6, 6.07) is 27.6. The summed E-state index contributed by atoms with van der Waals surface area (Å²) >= 11 is 1.60. The zero-order valence-electron chi connectivity index (χ0n) is 17.2. The Morgan fingerprint density at radius 2 is 1.20 bits per heavy atom. The molecule has 0 radical (unpaired) electrons. The van der Waals surface area contributed by atoms with Gasteiger partial charge in [0.25, 0.3) is 0 Å². The van der Waals surface area contributed by atoms with Gasteiger partial charge in [-0.15, -0.1) is 11.8 Å². The topological polar surface area (TPSA) is 58.2 Å². The van der Waals surface area contributed by atoms with Crippen molar-refractivity contribution in [1.82, 2.24) is 0 Å². The highest BCUT2D eigenvalue weighted by atomic mass is 32.2. The number of nitrogens with one attached hydrogen (secondary N) is 2. The summed E-state index contributed by atoms with van der Waals surface area (Å²) in [5.74, 6) is 0.163. The molecule has 3 aromatic rings. The lowest BCUT2D eigenvalue weighted by Gasteiger charge is -2.17. The van der Waals surface area contributed by atoms with Crippen LogP contribution in [0.25, 0.3) is 0 Å². The Labute approximate surface area is 182 Å². The van der Waals surface area contributed by atoms with Crippen molar-refractivity contribution >= 4 is 35.0 Å². The van der Waals surface area contributed by atoms with Crippen molar-refractivity contribution in [3.63, 3.8) is 0 Å². The summed E-state index contributed by atoms with van der Waals surface area (Å²) in [6.07, 6.45) is 0. The summed E-state index contributed by atoms with van der Waals surface area (Å²) in [5.41, 5.74) is 3.77. The van der Waals surface area contributed by atoms with Gasteiger partial charge in [-0.3, -0.25) is 9.59 Å². The Morgan fingerprint density at radius 1 is 0.733 bits per heavy atom. The zero-order chi connectivity index (χ0) is 21.3. The standard InChI is InChI=1S/C25H26N2O2S/c1-18(2)25(29)27-22-15-13-21(14-16-22)26-23(28)17-30-24(19-9-5-3-6-10-19)20-11-7-4-8-12-20/h3-16,18,24H,17H2,1-2H3,(H,26,28)(H,27,29). The SMILES string of the molecule is CC(C)C(=O)Nc1ccc(NC(=O)CSC(c2ccccc2)c2ccccc2)cc1. The molecular weight excluding hydrogens is 392 g/mol. The van der Waals surface area contributed by atoms with Crippen molar-refractivity contribution < 1.29 is 9.59 Å². The fourth-order valence-electron chi connectivity index (χ4n) is 2.92. The van der Waals surface area contributed by atoms with E-state index in [0.29, 0.717) is 17.1 Å². The molecule has 5 heteroatoms. The maximum atomic E-state index is 12.5. The Bertz CT molecular complexity index is 918. The van der Waals surface area contributed by atoms with Crippen LogP contribution in [0.2, 0.25) is 0 Å². The van der Waals surface area contributed by atoms with Crippen molar-refractivity contribution in [3.8, 4) is 0 Å². The minimum absolute atomic E-state index is 0.0314. The largest absolute Gasteiger partial charge is 0.326 e. The highest BCUT2D eigenvalue weighted by molar-refractivity contribution is 8.00. The third kappa shape index (κ3) is 6.22. The van der Waals surface area contributed by atoms with Crippen molar-refractivity contribution in [2.75, 3.05) is 16.4 Å². The molecule has 2 amide bonds. The second kappa shape index (κ2) is 10.6. The molecule has 0 atom stereocenters. The first kappa shape index (κ1) is 21.7. The van der Waals surface area contributed by atoms with Crippen molar-refractivity contribution in [2.24, 2.45) is 5.92 Å². The molecule has 0 bridgehead atoms. The Hall–Kier alpha value is -3.05. The van der Waals surface area contributed by atoms with E-state index in [2.05, 4.69) is 34.9 Å². The lowest BCUT2D eigenvalue weighted by atomic mass is 10.0. The minimum Gasteiger partial charge on any atom is -0.326 e. The molecule has 0 aliphatic heterocycles. The molecule has 0 saturated heterocycles. The third-order valence-electron chi connectivity index (χ3n) is 4.55. The predicted molar refractivity (Wildman–Crippen MR) is 126 cm³/mol. The summed E-state index contributed by atoms with van der Waals surface area (Å²) in [4.78, 5) is 24.3. The fraction of sp³-hybridized carbons (Fsp3) is 0.200. The van der Waals surface area contributed by atoms with Crippen LogP contribution in [0.1, 0.15) is 30.2 Å². The van der Waals surface area contributed by atoms with Crippen molar-refractivity contribution in [1.29, 1.82) is 0 Å². The number of thioether (sulfide) groups is 1. The molecule has 2 N–H and O–H groups in total. The molecule has 30 heavy (non-hydrogen) atoms. The summed E-state index contributed by atoms with van der Waals surface area (Å²) in [5, 5.41) is 5.86. The zero-order valence-corrected chi connectivity index (χ0v) is 18.0. The third-order valence-corrected chi connectivity index (χ3v) is 5.85. The molecule has 3 aromatic carbocycles. The van der Waals surface area contributed by atoms with E-state index in [1.807, 2.05) is 50.2 Å². The van der Waals surface area contributed by atoms with Gasteiger partial charge in [-0.05, 0) is 35.4 Å². The average Bonchev–Trinajstić information content (AvgIpc) is 2.76. The number of rotatable bonds is 8. The van der Waals surface area contributed by atoms with E-state index in [9.17, 15) is 9.59 Å². The van der Waals surface area contributed by atoms with Crippen molar-refractivity contribution in [3.05, 3.63) is 96.1 Å². The molecule has 0 spiro atoms. The van der Waals surface area contributed by atoms with Gasteiger partial charge in [0.05, 0.1) is 11.0 Å². The fourth-order valence-corrected chi connectivity index (χ4v) is 4.01. The van der Waals surface area contributed by atoms with Gasteiger partial charge in [0, 0.05) is 17.3 Å². The van der Waals surface area contributed by atoms with Gasteiger partial charge < -0.3 is 10.6 Å². The van der Waals surface area contributed by atoms with Crippen LogP contribution in [0, 0.1) is 5.92 Å². The van der Waals surface area contributed by atoms with E-state index in [1.54, 1.807) is 36.0 Å². The highest BCUT2D eigenvalue weighted by Gasteiger charge is 2.16. The molecule has 0 saturated carbocycles. The first-order valence-electron chi connectivity index (χ1n) is 9.95. The van der Waals surface area contributed by atoms with Crippen LogP contribution in [0.5, 0.6) is 0 Å². The van der Waals surface area contributed by atoms with E-state index in [-0.39, 0.29) is 23.0 Å². The lowest BCUT2D eigenvalue weighted by molar-refractivity contribution is -0.119. The minimum atomic E-state index is -0.0800. The molecule has 0 aromatic heterocycles. The number of carbonyl (C=O) groups excluding carboxylic acids is 2. The number of hydrogen-bond acceptors (Lipinski definition) is 3. The molecular formula is C25H26N2O2S. The smallest absolute Gasteiger partial charge is 0.234 e. The monoisotopic (exact) mass is 418 g/mol. The highest BCUT2D eigenvalue weighted by Crippen LogP contribution is 2.35. The normalized spacial score (nSPS) is 10.8. The van der Waals surface area contributed by atoms with Crippen LogP contribution in [-0.4, -0.2) is 17.6 Å². The molecule has 4 nitrogen and oxygen atoms in total. The van der Waals surface area contributed by atoms with Gasteiger partial charge in [0.15, 0.2) is 0 Å². The van der Waals surface area contributed by atoms with Crippen LogP contribution in [-0.2, 0) is 9.59 Å². The summed E-state index contributed by atoms with van der Waals surface area (Å²) in [7, 11) is 0. The molecule has 0 fully saturated rings. The van der Waals surface area contributed by atoms with E-state index in [1.165, 1.54) is 11.1 Å². The second-order valence-electron chi connectivity index (χ2n) is 7.28. The van der Waals surface area contributed by atoms with Gasteiger partial charge in [-0.1, -0.05) is 74.5 Å². The first-order valence-corrected chi connectivity index (χ1v) is 11.0. The van der Waals surface area contributed by atoms with E-state index >= 15 is 0 Å².